The van der Waals surface area contributed by atoms with Crippen LogP contribution >= 0.6 is 15.9 Å². The van der Waals surface area contributed by atoms with Gasteiger partial charge >= 0.3 is 6.03 Å². The predicted octanol–water partition coefficient (Wildman–Crippen LogP) is 3.71. The number of carbonyl (C=O) groups is 1. The molecule has 1 heterocycles. The average molecular weight is 324 g/mol. The third kappa shape index (κ3) is 5.03. The van der Waals surface area contributed by atoms with Gasteiger partial charge in [0.2, 0.25) is 0 Å². The maximum atomic E-state index is 11.6. The number of hydrogen-bond donors (Lipinski definition) is 2. The molecule has 1 aromatic heterocycles. The molecule has 2 rings (SSSR count). The summed E-state index contributed by atoms with van der Waals surface area (Å²) in [7, 11) is 0. The lowest BCUT2D eigenvalue weighted by Gasteiger charge is -2.16. The molecule has 0 spiro atoms. The van der Waals surface area contributed by atoms with Gasteiger partial charge < -0.3 is 5.32 Å². The van der Waals surface area contributed by atoms with E-state index in [1.165, 1.54) is 19.3 Å². The highest BCUT2D eigenvalue weighted by Crippen LogP contribution is 2.19. The molecule has 1 aromatic rings. The zero-order valence-corrected chi connectivity index (χ0v) is 12.3. The Balaban J connectivity index is 1.68. The summed E-state index contributed by atoms with van der Waals surface area (Å²) in [5.41, 5.74) is 0. The molecule has 0 bridgehead atoms. The van der Waals surface area contributed by atoms with E-state index in [2.05, 4.69) is 43.7 Å². The highest BCUT2D eigenvalue weighted by atomic mass is 79.9. The minimum Gasteiger partial charge on any atom is -0.338 e. The van der Waals surface area contributed by atoms with Gasteiger partial charge in [-0.1, -0.05) is 12.2 Å². The lowest BCUT2D eigenvalue weighted by molar-refractivity contribution is 0.251. The SMILES string of the molecule is O=C(NCCC1C=CCCC1)Nc1ccc(Br)cn1. The van der Waals surface area contributed by atoms with Gasteiger partial charge in [-0.3, -0.25) is 5.32 Å². The van der Waals surface area contributed by atoms with Crippen molar-refractivity contribution in [3.8, 4) is 0 Å². The summed E-state index contributed by atoms with van der Waals surface area (Å²) < 4.78 is 0.891. The number of nitrogens with zero attached hydrogens (tertiary/aromatic N) is 1. The normalized spacial score (nSPS) is 18.1. The fourth-order valence-corrected chi connectivity index (χ4v) is 2.34. The first-order chi connectivity index (χ1) is 9.24. The molecule has 0 fully saturated rings. The molecule has 1 aliphatic carbocycles. The second kappa shape index (κ2) is 7.28. The van der Waals surface area contributed by atoms with E-state index in [-0.39, 0.29) is 6.03 Å². The largest absolute Gasteiger partial charge is 0.338 e. The van der Waals surface area contributed by atoms with Gasteiger partial charge in [-0.25, -0.2) is 9.78 Å². The molecule has 5 heteroatoms. The highest BCUT2D eigenvalue weighted by molar-refractivity contribution is 9.10. The molecule has 0 aromatic carbocycles. The van der Waals surface area contributed by atoms with Crippen molar-refractivity contribution < 1.29 is 4.79 Å². The zero-order valence-electron chi connectivity index (χ0n) is 10.7. The van der Waals surface area contributed by atoms with E-state index in [1.807, 2.05) is 6.07 Å². The van der Waals surface area contributed by atoms with E-state index >= 15 is 0 Å². The summed E-state index contributed by atoms with van der Waals surface area (Å²) in [4.78, 5) is 15.7. The minimum atomic E-state index is -0.199. The van der Waals surface area contributed by atoms with E-state index in [9.17, 15) is 4.79 Å². The summed E-state index contributed by atoms with van der Waals surface area (Å²) in [6.45, 7) is 0.692. The standard InChI is InChI=1S/C14H18BrN3O/c15-12-6-7-13(17-10-12)18-14(19)16-9-8-11-4-2-1-3-5-11/h2,4,6-7,10-11H,1,3,5,8-9H2,(H2,16,17,18,19). The van der Waals surface area contributed by atoms with E-state index in [0.29, 0.717) is 18.3 Å². The highest BCUT2D eigenvalue weighted by Gasteiger charge is 2.09. The molecule has 1 aliphatic rings. The molecular weight excluding hydrogens is 306 g/mol. The van der Waals surface area contributed by atoms with Crippen LogP contribution in [0.15, 0.2) is 35.0 Å². The Bertz CT molecular complexity index is 445. The van der Waals surface area contributed by atoms with Crippen molar-refractivity contribution in [2.45, 2.75) is 25.7 Å². The maximum Gasteiger partial charge on any atom is 0.320 e. The number of carbonyl (C=O) groups excluding carboxylic acids is 1. The average Bonchev–Trinajstić information content (AvgIpc) is 2.43. The Hall–Kier alpha value is -1.36. The summed E-state index contributed by atoms with van der Waals surface area (Å²) in [6.07, 6.45) is 10.8. The van der Waals surface area contributed by atoms with Gasteiger partial charge in [-0.15, -0.1) is 0 Å². The van der Waals surface area contributed by atoms with Crippen LogP contribution in [0.2, 0.25) is 0 Å². The first kappa shape index (κ1) is 14.1. The van der Waals surface area contributed by atoms with Crippen molar-refractivity contribution >= 4 is 27.8 Å². The molecular formula is C14H18BrN3O. The maximum absolute atomic E-state index is 11.6. The Morgan fingerprint density at radius 1 is 1.47 bits per heavy atom. The smallest absolute Gasteiger partial charge is 0.320 e. The lowest BCUT2D eigenvalue weighted by atomic mass is 9.93. The van der Waals surface area contributed by atoms with Gasteiger partial charge in [0.05, 0.1) is 0 Å². The number of pyridine rings is 1. The first-order valence-corrected chi connectivity index (χ1v) is 7.36. The van der Waals surface area contributed by atoms with Crippen molar-refractivity contribution in [2.75, 3.05) is 11.9 Å². The van der Waals surface area contributed by atoms with E-state index in [1.54, 1.807) is 12.3 Å². The van der Waals surface area contributed by atoms with Gasteiger partial charge in [-0.05, 0) is 59.7 Å². The zero-order chi connectivity index (χ0) is 13.5. The van der Waals surface area contributed by atoms with Crippen molar-refractivity contribution in [1.29, 1.82) is 0 Å². The predicted molar refractivity (Wildman–Crippen MR) is 80.1 cm³/mol. The Labute approximate surface area is 121 Å². The third-order valence-electron chi connectivity index (χ3n) is 3.12. The van der Waals surface area contributed by atoms with Crippen molar-refractivity contribution in [3.05, 3.63) is 35.0 Å². The van der Waals surface area contributed by atoms with Crippen LogP contribution in [0.1, 0.15) is 25.7 Å². The molecule has 0 saturated carbocycles. The lowest BCUT2D eigenvalue weighted by Crippen LogP contribution is -2.30. The van der Waals surface area contributed by atoms with Crippen molar-refractivity contribution in [3.63, 3.8) is 0 Å². The number of anilines is 1. The van der Waals surface area contributed by atoms with Gasteiger partial charge in [-0.2, -0.15) is 0 Å². The minimum absolute atomic E-state index is 0.199. The number of nitrogens with one attached hydrogen (secondary N) is 2. The van der Waals surface area contributed by atoms with Gasteiger partial charge in [0.1, 0.15) is 5.82 Å². The summed E-state index contributed by atoms with van der Waals surface area (Å²) >= 11 is 3.30. The molecule has 0 aliphatic heterocycles. The van der Waals surface area contributed by atoms with Crippen molar-refractivity contribution in [2.24, 2.45) is 5.92 Å². The Morgan fingerprint density at radius 2 is 2.37 bits per heavy atom. The second-order valence-electron chi connectivity index (χ2n) is 4.65. The number of amides is 2. The molecule has 4 nitrogen and oxygen atoms in total. The van der Waals surface area contributed by atoms with Crippen LogP contribution in [0.3, 0.4) is 0 Å². The fourth-order valence-electron chi connectivity index (χ4n) is 2.10. The van der Waals surface area contributed by atoms with Crippen LogP contribution in [-0.2, 0) is 0 Å². The van der Waals surface area contributed by atoms with Gasteiger partial charge in [0, 0.05) is 17.2 Å². The van der Waals surface area contributed by atoms with Gasteiger partial charge in [0.25, 0.3) is 0 Å². The van der Waals surface area contributed by atoms with Gasteiger partial charge in [0.15, 0.2) is 0 Å². The van der Waals surface area contributed by atoms with Crippen LogP contribution in [-0.4, -0.2) is 17.6 Å². The van der Waals surface area contributed by atoms with Crippen LogP contribution < -0.4 is 10.6 Å². The molecule has 102 valence electrons. The van der Waals surface area contributed by atoms with E-state index in [0.717, 1.165) is 10.9 Å². The summed E-state index contributed by atoms with van der Waals surface area (Å²) in [5, 5.41) is 5.56. The number of allylic oxidation sites excluding steroid dienone is 2. The topological polar surface area (TPSA) is 54.0 Å². The van der Waals surface area contributed by atoms with E-state index < -0.39 is 0 Å². The van der Waals surface area contributed by atoms with Crippen LogP contribution in [0, 0.1) is 5.92 Å². The first-order valence-electron chi connectivity index (χ1n) is 6.57. The number of halogens is 1. The molecule has 1 atom stereocenters. The number of urea groups is 1. The Kier molecular flexibility index (Phi) is 5.39. The molecule has 19 heavy (non-hydrogen) atoms. The molecule has 0 saturated heterocycles. The van der Waals surface area contributed by atoms with Crippen molar-refractivity contribution in [1.82, 2.24) is 10.3 Å². The quantitative estimate of drug-likeness (QED) is 0.830. The Morgan fingerprint density at radius 3 is 3.05 bits per heavy atom. The fraction of sp³-hybridized carbons (Fsp3) is 0.429. The van der Waals surface area contributed by atoms with Crippen LogP contribution in [0.4, 0.5) is 10.6 Å². The summed E-state index contributed by atoms with van der Waals surface area (Å²) in [5.74, 6) is 1.16. The molecule has 2 N–H and O–H groups in total. The third-order valence-corrected chi connectivity index (χ3v) is 3.59. The molecule has 1 unspecified atom stereocenters. The number of aromatic nitrogens is 1. The second-order valence-corrected chi connectivity index (χ2v) is 5.57. The van der Waals surface area contributed by atoms with Crippen LogP contribution in [0.25, 0.3) is 0 Å². The van der Waals surface area contributed by atoms with E-state index in [4.69, 9.17) is 0 Å². The molecule has 0 radical (unpaired) electrons. The monoisotopic (exact) mass is 323 g/mol. The summed E-state index contributed by atoms with van der Waals surface area (Å²) in [6, 6.07) is 3.40. The molecule has 2 amide bonds. The van der Waals surface area contributed by atoms with Crippen LogP contribution in [0.5, 0.6) is 0 Å². The number of hydrogen-bond acceptors (Lipinski definition) is 2. The number of rotatable bonds is 4.